The smallest absolute Gasteiger partial charge is 0.407 e. The van der Waals surface area contributed by atoms with Crippen LogP contribution in [0.1, 0.15) is 74.9 Å². The first-order valence-corrected chi connectivity index (χ1v) is 21.0. The predicted molar refractivity (Wildman–Crippen MR) is 220 cm³/mol. The van der Waals surface area contributed by atoms with E-state index in [1.165, 1.54) is 14.2 Å². The van der Waals surface area contributed by atoms with Gasteiger partial charge in [0, 0.05) is 29.6 Å². The Morgan fingerprint density at radius 2 is 1.22 bits per heavy atom. The molecule has 0 aromatic heterocycles. The van der Waals surface area contributed by atoms with Gasteiger partial charge in [0.2, 0.25) is 11.8 Å². The van der Waals surface area contributed by atoms with Gasteiger partial charge in [-0.1, -0.05) is 45.9 Å². The van der Waals surface area contributed by atoms with Crippen LogP contribution in [0.2, 0.25) is 0 Å². The van der Waals surface area contributed by atoms with Crippen molar-refractivity contribution < 1.29 is 42.9 Å². The van der Waals surface area contributed by atoms with E-state index in [4.69, 9.17) is 33.7 Å². The van der Waals surface area contributed by atoms with Crippen LogP contribution in [0.25, 0.3) is 0 Å². The monoisotopic (exact) mass is 828 g/mol. The molecule has 17 nitrogen and oxygen atoms in total. The standard InChI is InChI=1S/C43H56N8O9/c1-23(2)35(48-41(54)56-5)39(52)50-13-15-58-21-31(50)37-44-19-29(46-37)25-8-10-33-28(17-25)43(11-12-43)27-9-7-26(18-34(27)60-33)30-20-45-38(47-30)32-22-59-16-14-51(32)40(53)36(24(3)4)49-42(55)57-6/h7-10,17-18,23-24,29-32,35-36H,11-16,19-22H2,1-6H3,(H,44,46)(H,45,47)(H,48,54)(H,49,55)/t29?,30?,31-,32-,35-,36-/m0/s1. The fourth-order valence-electron chi connectivity index (χ4n) is 9.03. The van der Waals surface area contributed by atoms with Crippen molar-refractivity contribution in [2.75, 3.05) is 66.8 Å². The van der Waals surface area contributed by atoms with Crippen molar-refractivity contribution in [1.29, 1.82) is 0 Å². The lowest BCUT2D eigenvalue weighted by Gasteiger charge is -2.38. The molecule has 6 atom stereocenters. The molecule has 1 spiro atoms. The predicted octanol–water partition coefficient (Wildman–Crippen LogP) is 3.17. The molecule has 5 heterocycles. The Morgan fingerprint density at radius 1 is 0.717 bits per heavy atom. The zero-order valence-electron chi connectivity index (χ0n) is 35.1. The van der Waals surface area contributed by atoms with Gasteiger partial charge in [0.05, 0.1) is 65.8 Å². The van der Waals surface area contributed by atoms with Gasteiger partial charge >= 0.3 is 12.2 Å². The minimum atomic E-state index is -0.746. The van der Waals surface area contributed by atoms with Crippen molar-refractivity contribution in [3.05, 3.63) is 58.7 Å². The molecule has 0 bridgehead atoms. The Balaban J connectivity index is 0.939. The van der Waals surface area contributed by atoms with Gasteiger partial charge in [-0.3, -0.25) is 19.6 Å². The Labute approximate surface area is 349 Å². The van der Waals surface area contributed by atoms with Gasteiger partial charge in [-0.15, -0.1) is 0 Å². The van der Waals surface area contributed by atoms with E-state index in [0.29, 0.717) is 64.3 Å². The second kappa shape index (κ2) is 16.9. The molecule has 1 aliphatic carbocycles. The maximum atomic E-state index is 13.8. The van der Waals surface area contributed by atoms with Crippen molar-refractivity contribution >= 4 is 35.7 Å². The van der Waals surface area contributed by atoms with Crippen LogP contribution in [0.4, 0.5) is 9.59 Å². The SMILES string of the molecule is COC(=O)N[C@H](C(=O)N1CCOC[C@H]1C1=NCC(c2ccc3c(c2)Oc2ccc(C4CN=C([C@@H]5COCCN5C(=O)[C@@H](NC(=O)OC)C(C)C)N4)cc2C32CC2)N1)C(C)C. The number of nitrogens with zero attached hydrogens (tertiary/aromatic N) is 4. The number of benzene rings is 2. The summed E-state index contributed by atoms with van der Waals surface area (Å²) in [6.45, 7) is 10.7. The average molecular weight is 829 g/mol. The van der Waals surface area contributed by atoms with Crippen LogP contribution in [0.3, 0.4) is 0 Å². The summed E-state index contributed by atoms with van der Waals surface area (Å²) in [5.41, 5.74) is 4.30. The van der Waals surface area contributed by atoms with Crippen molar-refractivity contribution in [2.45, 2.75) is 82.2 Å². The number of methoxy groups -OCH3 is 2. The quantitative estimate of drug-likeness (QED) is 0.275. The largest absolute Gasteiger partial charge is 0.457 e. The molecule has 2 aromatic rings. The summed E-state index contributed by atoms with van der Waals surface area (Å²) in [6.07, 6.45) is 0.724. The third-order valence-corrected chi connectivity index (χ3v) is 12.6. The molecule has 4 amide bonds. The summed E-state index contributed by atoms with van der Waals surface area (Å²) in [7, 11) is 2.57. The minimum absolute atomic E-state index is 0.0957. The van der Waals surface area contributed by atoms with E-state index in [-0.39, 0.29) is 41.1 Å². The molecule has 6 aliphatic rings. The van der Waals surface area contributed by atoms with Crippen LogP contribution < -0.4 is 26.0 Å². The van der Waals surface area contributed by atoms with E-state index in [0.717, 1.165) is 46.6 Å². The Morgan fingerprint density at radius 3 is 1.70 bits per heavy atom. The molecule has 60 heavy (non-hydrogen) atoms. The third-order valence-electron chi connectivity index (χ3n) is 12.6. The van der Waals surface area contributed by atoms with Crippen molar-refractivity contribution in [3.8, 4) is 11.5 Å². The van der Waals surface area contributed by atoms with Gasteiger partial charge in [-0.25, -0.2) is 9.59 Å². The molecule has 4 N–H and O–H groups in total. The number of ether oxygens (including phenoxy) is 5. The number of morpholine rings is 2. The van der Waals surface area contributed by atoms with E-state index >= 15 is 0 Å². The molecule has 3 fully saturated rings. The molecule has 8 rings (SSSR count). The molecule has 322 valence electrons. The molecule has 17 heteroatoms. The Bertz CT molecular complexity index is 2070. The molecule has 2 unspecified atom stereocenters. The molecule has 2 saturated heterocycles. The lowest BCUT2D eigenvalue weighted by Crippen LogP contribution is -2.60. The van der Waals surface area contributed by atoms with E-state index in [2.05, 4.69) is 57.7 Å². The number of aliphatic imine (C=N–C) groups is 2. The first-order valence-electron chi connectivity index (χ1n) is 21.0. The van der Waals surface area contributed by atoms with E-state index < -0.39 is 36.4 Å². The average Bonchev–Trinajstić information content (AvgIpc) is 3.62. The number of hydrogen-bond acceptors (Lipinski definition) is 13. The first-order chi connectivity index (χ1) is 28.9. The molecule has 2 aromatic carbocycles. The highest BCUT2D eigenvalue weighted by atomic mass is 16.5. The van der Waals surface area contributed by atoms with Crippen molar-refractivity contribution in [2.24, 2.45) is 21.8 Å². The second-order valence-electron chi connectivity index (χ2n) is 17.0. The maximum Gasteiger partial charge on any atom is 0.407 e. The molecule has 1 saturated carbocycles. The lowest BCUT2D eigenvalue weighted by molar-refractivity contribution is -0.141. The minimum Gasteiger partial charge on any atom is -0.457 e. The number of alkyl carbamates (subject to hydrolysis) is 2. The summed E-state index contributed by atoms with van der Waals surface area (Å²) >= 11 is 0. The van der Waals surface area contributed by atoms with Gasteiger partial charge in [0.1, 0.15) is 47.3 Å². The van der Waals surface area contributed by atoms with Gasteiger partial charge in [0.25, 0.3) is 0 Å². The number of carbonyl (C=O) groups is 4. The fraction of sp³-hybridized carbons (Fsp3) is 0.581. The summed E-state index contributed by atoms with van der Waals surface area (Å²) in [6, 6.07) is 10.3. The van der Waals surface area contributed by atoms with Crippen LogP contribution in [0.15, 0.2) is 46.4 Å². The Kier molecular flexibility index (Phi) is 11.6. The normalized spacial score (nSPS) is 24.8. The summed E-state index contributed by atoms with van der Waals surface area (Å²) < 4.78 is 27.9. The third kappa shape index (κ3) is 7.84. The number of rotatable bonds is 10. The summed E-state index contributed by atoms with van der Waals surface area (Å²) in [5.74, 6) is 2.36. The van der Waals surface area contributed by atoms with Gasteiger partial charge in [-0.05, 0) is 54.0 Å². The number of hydrogen-bond donors (Lipinski definition) is 4. The maximum absolute atomic E-state index is 13.8. The van der Waals surface area contributed by atoms with Gasteiger partial charge < -0.3 is 54.8 Å². The topological polar surface area (TPSA) is 194 Å². The van der Waals surface area contributed by atoms with E-state index in [1.54, 1.807) is 9.80 Å². The van der Waals surface area contributed by atoms with Crippen LogP contribution in [0, 0.1) is 11.8 Å². The Hall–Kier alpha value is -5.42. The lowest BCUT2D eigenvalue weighted by atomic mass is 9.82. The second-order valence-corrected chi connectivity index (χ2v) is 17.0. The molecule has 0 radical (unpaired) electrons. The first kappa shape index (κ1) is 41.3. The van der Waals surface area contributed by atoms with Crippen molar-refractivity contribution in [3.63, 3.8) is 0 Å². The summed E-state index contributed by atoms with van der Waals surface area (Å²) in [5, 5.41) is 12.6. The van der Waals surface area contributed by atoms with Crippen LogP contribution in [0.5, 0.6) is 11.5 Å². The van der Waals surface area contributed by atoms with Gasteiger partial charge in [0.15, 0.2) is 0 Å². The number of amides is 4. The number of carbonyl (C=O) groups excluding carboxylic acids is 4. The number of fused-ring (bicyclic) bond motifs is 4. The molecule has 5 aliphatic heterocycles. The zero-order chi connectivity index (χ0) is 42.3. The number of nitrogens with one attached hydrogen (secondary N) is 4. The highest BCUT2D eigenvalue weighted by molar-refractivity contribution is 5.96. The van der Waals surface area contributed by atoms with Gasteiger partial charge in [-0.2, -0.15) is 0 Å². The fourth-order valence-corrected chi connectivity index (χ4v) is 9.03. The van der Waals surface area contributed by atoms with Crippen molar-refractivity contribution in [1.82, 2.24) is 31.1 Å². The molecular formula is C43H56N8O9. The highest BCUT2D eigenvalue weighted by Gasteiger charge is 2.52. The molecular weight excluding hydrogens is 773 g/mol. The summed E-state index contributed by atoms with van der Waals surface area (Å²) in [4.78, 5) is 65.0. The van der Waals surface area contributed by atoms with E-state index in [1.807, 2.05) is 27.7 Å². The highest BCUT2D eigenvalue weighted by Crippen LogP contribution is 2.62. The zero-order valence-corrected chi connectivity index (χ0v) is 35.1. The van der Waals surface area contributed by atoms with E-state index in [9.17, 15) is 19.2 Å². The van der Waals surface area contributed by atoms with Crippen LogP contribution in [-0.2, 0) is 34.0 Å². The van der Waals surface area contributed by atoms with Crippen LogP contribution in [-0.4, -0.2) is 136 Å². The number of amidine groups is 2. The van der Waals surface area contributed by atoms with Crippen LogP contribution >= 0.6 is 0 Å².